The van der Waals surface area contributed by atoms with Crippen LogP contribution >= 0.6 is 35.6 Å². The summed E-state index contributed by atoms with van der Waals surface area (Å²) < 4.78 is 0. The van der Waals surface area contributed by atoms with Crippen molar-refractivity contribution in [2.75, 3.05) is 26.2 Å². The van der Waals surface area contributed by atoms with E-state index in [-0.39, 0.29) is 12.4 Å². The van der Waals surface area contributed by atoms with E-state index in [2.05, 4.69) is 34.5 Å². The van der Waals surface area contributed by atoms with Gasteiger partial charge in [-0.2, -0.15) is 0 Å². The smallest absolute Gasteiger partial charge is 0.0426 e. The van der Waals surface area contributed by atoms with Gasteiger partial charge in [0.1, 0.15) is 0 Å². The first-order valence-electron chi connectivity index (χ1n) is 9.36. The number of hydrogen-bond donors (Lipinski definition) is 2. The van der Waals surface area contributed by atoms with E-state index >= 15 is 0 Å². The largest absolute Gasteiger partial charge is 0.326 e. The van der Waals surface area contributed by atoms with Crippen molar-refractivity contribution in [2.45, 2.75) is 30.8 Å². The molecule has 27 heavy (non-hydrogen) atoms. The van der Waals surface area contributed by atoms with E-state index < -0.39 is 0 Å². The van der Waals surface area contributed by atoms with Crippen LogP contribution in [0.5, 0.6) is 0 Å². The van der Waals surface area contributed by atoms with Crippen LogP contribution in [0.4, 0.5) is 0 Å². The SMILES string of the molecule is Cl.N[C@@H]1CCN(CCNC2CC2c2ccc(-c3cc(Cl)cc(Cl)c3)cc2)C1. The number of nitrogens with zero attached hydrogens (tertiary/aromatic N) is 1. The first-order chi connectivity index (χ1) is 12.6. The maximum atomic E-state index is 6.11. The van der Waals surface area contributed by atoms with Gasteiger partial charge in [0.15, 0.2) is 0 Å². The van der Waals surface area contributed by atoms with Gasteiger partial charge in [-0.3, -0.25) is 0 Å². The molecule has 3 atom stereocenters. The molecule has 2 unspecified atom stereocenters. The van der Waals surface area contributed by atoms with Gasteiger partial charge in [0.2, 0.25) is 0 Å². The predicted octanol–water partition coefficient (Wildman–Crippen LogP) is 4.56. The average molecular weight is 427 g/mol. The molecule has 1 aliphatic heterocycles. The summed E-state index contributed by atoms with van der Waals surface area (Å²) in [4.78, 5) is 2.46. The zero-order chi connectivity index (χ0) is 18.1. The zero-order valence-corrected chi connectivity index (χ0v) is 17.5. The maximum absolute atomic E-state index is 6.11. The third-order valence-corrected chi connectivity index (χ3v) is 5.90. The highest BCUT2D eigenvalue weighted by Gasteiger charge is 2.37. The van der Waals surface area contributed by atoms with Crippen molar-refractivity contribution in [3.63, 3.8) is 0 Å². The summed E-state index contributed by atoms with van der Waals surface area (Å²) in [6.07, 6.45) is 2.36. The minimum atomic E-state index is 0. The lowest BCUT2D eigenvalue weighted by Gasteiger charge is -2.15. The van der Waals surface area contributed by atoms with Gasteiger partial charge in [-0.05, 0) is 54.3 Å². The molecule has 146 valence electrons. The molecule has 2 aromatic rings. The summed E-state index contributed by atoms with van der Waals surface area (Å²) in [6, 6.07) is 15.4. The summed E-state index contributed by atoms with van der Waals surface area (Å²) >= 11 is 12.2. The van der Waals surface area contributed by atoms with Gasteiger partial charge < -0.3 is 16.0 Å². The highest BCUT2D eigenvalue weighted by Crippen LogP contribution is 2.41. The summed E-state index contributed by atoms with van der Waals surface area (Å²) in [5, 5.41) is 5.03. The number of halogens is 3. The standard InChI is InChI=1S/C21H25Cl2N3.ClH/c22-17-9-16(10-18(23)11-17)14-1-3-15(4-2-14)20-12-21(20)25-6-8-26-7-5-19(24)13-26;/h1-4,9-11,19-21,25H,5-8,12-13,24H2;1H/t19-,20?,21?;/m1./s1. The van der Waals surface area contributed by atoms with Crippen molar-refractivity contribution >= 4 is 35.6 Å². The van der Waals surface area contributed by atoms with Gasteiger partial charge in [-0.1, -0.05) is 47.5 Å². The van der Waals surface area contributed by atoms with Gasteiger partial charge >= 0.3 is 0 Å². The van der Waals surface area contributed by atoms with Crippen LogP contribution in [0.25, 0.3) is 11.1 Å². The molecule has 0 spiro atoms. The van der Waals surface area contributed by atoms with Gasteiger partial charge in [-0.25, -0.2) is 0 Å². The van der Waals surface area contributed by atoms with E-state index in [4.69, 9.17) is 28.9 Å². The Hall–Kier alpha value is -0.810. The average Bonchev–Trinajstić information content (AvgIpc) is 3.27. The molecule has 0 aromatic heterocycles. The quantitative estimate of drug-likeness (QED) is 0.711. The normalized spacial score (nSPS) is 24.6. The molecule has 3 N–H and O–H groups in total. The monoisotopic (exact) mass is 425 g/mol. The van der Waals surface area contributed by atoms with E-state index in [9.17, 15) is 0 Å². The van der Waals surface area contributed by atoms with Gasteiger partial charge in [0.25, 0.3) is 0 Å². The lowest BCUT2D eigenvalue weighted by atomic mass is 10.0. The summed E-state index contributed by atoms with van der Waals surface area (Å²) in [6.45, 7) is 4.34. The number of benzene rings is 2. The van der Waals surface area contributed by atoms with E-state index in [0.717, 1.165) is 43.7 Å². The van der Waals surface area contributed by atoms with Crippen molar-refractivity contribution in [1.29, 1.82) is 0 Å². The Kier molecular flexibility index (Phi) is 7.07. The van der Waals surface area contributed by atoms with Crippen molar-refractivity contribution in [2.24, 2.45) is 5.73 Å². The van der Waals surface area contributed by atoms with E-state index in [1.165, 1.54) is 12.0 Å². The molecule has 2 fully saturated rings. The Morgan fingerprint density at radius 1 is 1.04 bits per heavy atom. The fraction of sp³-hybridized carbons (Fsp3) is 0.429. The first-order valence-corrected chi connectivity index (χ1v) is 10.1. The molecule has 6 heteroatoms. The van der Waals surface area contributed by atoms with Gasteiger partial charge in [-0.15, -0.1) is 12.4 Å². The molecule has 0 amide bonds. The minimum absolute atomic E-state index is 0. The summed E-state index contributed by atoms with van der Waals surface area (Å²) in [5.74, 6) is 0.632. The molecular formula is C21H26Cl3N3. The molecule has 3 nitrogen and oxygen atoms in total. The molecule has 2 aliphatic rings. The van der Waals surface area contributed by atoms with Crippen LogP contribution in [0.15, 0.2) is 42.5 Å². The Morgan fingerprint density at radius 2 is 1.74 bits per heavy atom. The number of nitrogens with two attached hydrogens (primary N) is 1. The van der Waals surface area contributed by atoms with Crippen LogP contribution in [-0.4, -0.2) is 43.2 Å². The Labute approximate surface area is 177 Å². The fourth-order valence-corrected chi connectivity index (χ4v) is 4.43. The highest BCUT2D eigenvalue weighted by atomic mass is 35.5. The Morgan fingerprint density at radius 3 is 2.37 bits per heavy atom. The molecule has 0 bridgehead atoms. The van der Waals surface area contributed by atoms with E-state index in [1.54, 1.807) is 6.07 Å². The summed E-state index contributed by atoms with van der Waals surface area (Å²) in [5.41, 5.74) is 9.57. The molecule has 2 aromatic carbocycles. The molecule has 1 aliphatic carbocycles. The minimum Gasteiger partial charge on any atom is -0.326 e. The van der Waals surface area contributed by atoms with Crippen LogP contribution in [0, 0.1) is 0 Å². The maximum Gasteiger partial charge on any atom is 0.0426 e. The number of rotatable bonds is 6. The molecule has 0 radical (unpaired) electrons. The van der Waals surface area contributed by atoms with Crippen molar-refractivity contribution in [3.05, 3.63) is 58.1 Å². The van der Waals surface area contributed by atoms with Crippen molar-refractivity contribution in [1.82, 2.24) is 10.2 Å². The topological polar surface area (TPSA) is 41.3 Å². The second kappa shape index (κ2) is 9.13. The first kappa shape index (κ1) is 20.9. The number of nitrogens with one attached hydrogen (secondary N) is 1. The molecule has 1 saturated heterocycles. The lowest BCUT2D eigenvalue weighted by molar-refractivity contribution is 0.331. The van der Waals surface area contributed by atoms with E-state index in [1.807, 2.05) is 12.1 Å². The van der Waals surface area contributed by atoms with Crippen molar-refractivity contribution < 1.29 is 0 Å². The van der Waals surface area contributed by atoms with E-state index in [0.29, 0.717) is 28.0 Å². The van der Waals surface area contributed by atoms with Gasteiger partial charge in [0.05, 0.1) is 0 Å². The lowest BCUT2D eigenvalue weighted by Crippen LogP contribution is -2.33. The second-order valence-electron chi connectivity index (χ2n) is 7.53. The fourth-order valence-electron chi connectivity index (χ4n) is 3.91. The van der Waals surface area contributed by atoms with Crippen LogP contribution in [0.2, 0.25) is 10.0 Å². The molecule has 1 heterocycles. The Balaban J connectivity index is 0.00000210. The van der Waals surface area contributed by atoms with Crippen LogP contribution in [-0.2, 0) is 0 Å². The van der Waals surface area contributed by atoms with Crippen LogP contribution in [0.3, 0.4) is 0 Å². The molecule has 1 saturated carbocycles. The third kappa shape index (κ3) is 5.38. The molecular weight excluding hydrogens is 401 g/mol. The zero-order valence-electron chi connectivity index (χ0n) is 15.2. The Bertz CT molecular complexity index is 746. The number of likely N-dealkylation sites (tertiary alicyclic amines) is 1. The summed E-state index contributed by atoms with van der Waals surface area (Å²) in [7, 11) is 0. The second-order valence-corrected chi connectivity index (χ2v) is 8.41. The third-order valence-electron chi connectivity index (χ3n) is 5.47. The molecule has 4 rings (SSSR count). The van der Waals surface area contributed by atoms with Gasteiger partial charge in [0, 0.05) is 47.7 Å². The van der Waals surface area contributed by atoms with Crippen molar-refractivity contribution in [3.8, 4) is 11.1 Å². The van der Waals surface area contributed by atoms with Crippen LogP contribution in [0.1, 0.15) is 24.3 Å². The predicted molar refractivity (Wildman–Crippen MR) is 117 cm³/mol. The highest BCUT2D eigenvalue weighted by molar-refractivity contribution is 6.35. The number of hydrogen-bond acceptors (Lipinski definition) is 3. The van der Waals surface area contributed by atoms with Crippen LogP contribution < -0.4 is 11.1 Å².